The molecule has 2 aromatic rings. The van der Waals surface area contributed by atoms with Gasteiger partial charge in [-0.05, 0) is 56.0 Å². The second-order valence-electron chi connectivity index (χ2n) is 7.86. The number of hydrogen-bond donors (Lipinski definition) is 0. The van der Waals surface area contributed by atoms with Crippen molar-refractivity contribution in [3.8, 4) is 11.5 Å². The number of amides is 4. The van der Waals surface area contributed by atoms with E-state index in [-0.39, 0.29) is 5.69 Å². The van der Waals surface area contributed by atoms with E-state index in [1.165, 1.54) is 12.1 Å². The van der Waals surface area contributed by atoms with Crippen molar-refractivity contribution in [2.24, 2.45) is 0 Å². The van der Waals surface area contributed by atoms with Crippen LogP contribution in [-0.4, -0.2) is 48.3 Å². The lowest BCUT2D eigenvalue weighted by Crippen LogP contribution is -2.37. The Kier molecular flexibility index (Phi) is 7.48. The van der Waals surface area contributed by atoms with E-state index in [0.717, 1.165) is 28.9 Å². The molecule has 0 aromatic heterocycles. The number of aryl methyl sites for hydroxylation is 2. The molecular formula is C25H28N2O6. The van der Waals surface area contributed by atoms with Crippen molar-refractivity contribution in [1.82, 2.24) is 4.90 Å². The number of Topliss-reactive ketones (excluding diaryl/α,β-unsaturated/α-hetero) is 1. The first-order chi connectivity index (χ1) is 15.8. The van der Waals surface area contributed by atoms with Gasteiger partial charge in [0.05, 0.1) is 25.4 Å². The van der Waals surface area contributed by atoms with E-state index < -0.39 is 30.2 Å². The van der Waals surface area contributed by atoms with Gasteiger partial charge < -0.3 is 9.47 Å². The van der Waals surface area contributed by atoms with Gasteiger partial charge in [-0.15, -0.1) is 0 Å². The predicted octanol–water partition coefficient (Wildman–Crippen LogP) is 4.06. The van der Waals surface area contributed by atoms with Crippen LogP contribution in [0.3, 0.4) is 0 Å². The second-order valence-corrected chi connectivity index (χ2v) is 7.86. The Bertz CT molecular complexity index is 1090. The van der Waals surface area contributed by atoms with Gasteiger partial charge in [-0.2, -0.15) is 0 Å². The number of carbonyl (C=O) groups is 4. The van der Waals surface area contributed by atoms with E-state index in [0.29, 0.717) is 35.2 Å². The highest BCUT2D eigenvalue weighted by molar-refractivity contribution is 6.53. The number of carbonyl (C=O) groups excluding carboxylic acids is 4. The highest BCUT2D eigenvalue weighted by Gasteiger charge is 2.46. The molecule has 1 aliphatic rings. The van der Waals surface area contributed by atoms with E-state index in [1.54, 1.807) is 24.3 Å². The largest absolute Gasteiger partial charge is 0.490 e. The summed E-state index contributed by atoms with van der Waals surface area (Å²) in [7, 11) is 0. The third-order valence-electron chi connectivity index (χ3n) is 5.29. The monoisotopic (exact) mass is 452 g/mol. The topological polar surface area (TPSA) is 93.2 Å². The Balaban J connectivity index is 1.85. The van der Waals surface area contributed by atoms with Gasteiger partial charge in [-0.25, -0.2) is 14.6 Å². The van der Waals surface area contributed by atoms with Crippen molar-refractivity contribution in [2.75, 3.05) is 24.7 Å². The van der Waals surface area contributed by atoms with E-state index in [9.17, 15) is 19.2 Å². The summed E-state index contributed by atoms with van der Waals surface area (Å²) in [6, 6.07) is 8.89. The fraction of sp³-hybridized carbons (Fsp3) is 0.360. The first kappa shape index (κ1) is 24.0. The number of nitrogens with zero attached hydrogens (tertiary/aromatic N) is 2. The van der Waals surface area contributed by atoms with Crippen molar-refractivity contribution in [3.05, 3.63) is 53.1 Å². The molecule has 4 amide bonds. The molecule has 0 N–H and O–H groups in total. The summed E-state index contributed by atoms with van der Waals surface area (Å²) >= 11 is 0. The zero-order valence-electron chi connectivity index (χ0n) is 19.3. The first-order valence-electron chi connectivity index (χ1n) is 11.0. The lowest BCUT2D eigenvalue weighted by Gasteiger charge is -2.18. The minimum Gasteiger partial charge on any atom is -0.490 e. The molecular weight excluding hydrogens is 424 g/mol. The molecule has 2 aromatic carbocycles. The highest BCUT2D eigenvalue weighted by Crippen LogP contribution is 2.34. The van der Waals surface area contributed by atoms with Gasteiger partial charge in [0.2, 0.25) is 0 Å². The fourth-order valence-electron chi connectivity index (χ4n) is 3.31. The van der Waals surface area contributed by atoms with Crippen LogP contribution in [0.2, 0.25) is 0 Å². The molecule has 0 aliphatic carbocycles. The summed E-state index contributed by atoms with van der Waals surface area (Å²) in [6.07, 6.45) is 1.56. The molecule has 1 saturated heterocycles. The normalized spacial score (nSPS) is 13.6. The maximum atomic E-state index is 13.0. The number of hydrogen-bond acceptors (Lipinski definition) is 6. The molecule has 3 rings (SSSR count). The lowest BCUT2D eigenvalue weighted by molar-refractivity contribution is -0.139. The Hall–Kier alpha value is -3.68. The molecule has 1 fully saturated rings. The molecule has 0 spiro atoms. The smallest absolute Gasteiger partial charge is 0.339 e. The standard InChI is InChI=1S/C25H28N2O6/c1-5-11-32-21-10-9-19(14-22(21)33-12-6-2)27-24(30)23(29)26(25(27)31)15-20(28)18-8-7-16(3)17(4)13-18/h7-10,13-14H,5-6,11-12,15H2,1-4H3. The number of benzene rings is 2. The van der Waals surface area contributed by atoms with Crippen molar-refractivity contribution < 1.29 is 28.7 Å². The Morgan fingerprint density at radius 3 is 2.12 bits per heavy atom. The molecule has 33 heavy (non-hydrogen) atoms. The SMILES string of the molecule is CCCOc1ccc(N2C(=O)C(=O)N(CC(=O)c3ccc(C)c(C)c3)C2=O)cc1OCCC. The van der Waals surface area contributed by atoms with Crippen LogP contribution in [0.1, 0.15) is 48.2 Å². The zero-order chi connectivity index (χ0) is 24.1. The van der Waals surface area contributed by atoms with Crippen LogP contribution < -0.4 is 14.4 Å². The molecule has 0 atom stereocenters. The van der Waals surface area contributed by atoms with Crippen LogP contribution in [0.5, 0.6) is 11.5 Å². The summed E-state index contributed by atoms with van der Waals surface area (Å²) in [6.45, 7) is 8.11. The number of ether oxygens (including phenoxy) is 2. The Morgan fingerprint density at radius 2 is 1.48 bits per heavy atom. The summed E-state index contributed by atoms with van der Waals surface area (Å²) in [4.78, 5) is 52.3. The zero-order valence-corrected chi connectivity index (χ0v) is 19.3. The van der Waals surface area contributed by atoms with Gasteiger partial charge in [0.15, 0.2) is 17.3 Å². The van der Waals surface area contributed by atoms with Gasteiger partial charge in [0.1, 0.15) is 0 Å². The van der Waals surface area contributed by atoms with Crippen LogP contribution in [0.4, 0.5) is 10.5 Å². The van der Waals surface area contributed by atoms with Crippen molar-refractivity contribution in [3.63, 3.8) is 0 Å². The van der Waals surface area contributed by atoms with Gasteiger partial charge in [-0.1, -0.05) is 26.0 Å². The second kappa shape index (κ2) is 10.3. The minimum absolute atomic E-state index is 0.175. The van der Waals surface area contributed by atoms with Crippen molar-refractivity contribution >= 4 is 29.3 Å². The fourth-order valence-corrected chi connectivity index (χ4v) is 3.31. The molecule has 0 saturated carbocycles. The molecule has 0 bridgehead atoms. The molecule has 1 aliphatic heterocycles. The predicted molar refractivity (Wildman–Crippen MR) is 123 cm³/mol. The van der Waals surface area contributed by atoms with E-state index in [2.05, 4.69) is 0 Å². The van der Waals surface area contributed by atoms with E-state index in [4.69, 9.17) is 9.47 Å². The highest BCUT2D eigenvalue weighted by atomic mass is 16.5. The third kappa shape index (κ3) is 5.05. The summed E-state index contributed by atoms with van der Waals surface area (Å²) < 4.78 is 11.4. The van der Waals surface area contributed by atoms with E-state index in [1.807, 2.05) is 27.7 Å². The number of ketones is 1. The summed E-state index contributed by atoms with van der Waals surface area (Å²) in [5, 5.41) is 0. The number of urea groups is 1. The van der Waals surface area contributed by atoms with Crippen LogP contribution >= 0.6 is 0 Å². The first-order valence-corrected chi connectivity index (χ1v) is 11.0. The van der Waals surface area contributed by atoms with Crippen LogP contribution in [-0.2, 0) is 9.59 Å². The van der Waals surface area contributed by atoms with Crippen LogP contribution in [0.25, 0.3) is 0 Å². The third-order valence-corrected chi connectivity index (χ3v) is 5.29. The number of imide groups is 2. The Morgan fingerprint density at radius 1 is 0.818 bits per heavy atom. The molecule has 8 heteroatoms. The molecule has 0 unspecified atom stereocenters. The molecule has 0 radical (unpaired) electrons. The van der Waals surface area contributed by atoms with Crippen LogP contribution in [0, 0.1) is 13.8 Å². The van der Waals surface area contributed by atoms with Gasteiger partial charge in [0, 0.05) is 11.6 Å². The summed E-state index contributed by atoms with van der Waals surface area (Å²) in [5.74, 6) is -1.62. The van der Waals surface area contributed by atoms with E-state index >= 15 is 0 Å². The molecule has 174 valence electrons. The van der Waals surface area contributed by atoms with Crippen LogP contribution in [0.15, 0.2) is 36.4 Å². The number of anilines is 1. The van der Waals surface area contributed by atoms with Gasteiger partial charge in [-0.3, -0.25) is 14.4 Å². The maximum Gasteiger partial charge on any atom is 0.339 e. The maximum absolute atomic E-state index is 13.0. The van der Waals surface area contributed by atoms with Gasteiger partial charge in [0.25, 0.3) is 0 Å². The lowest BCUT2D eigenvalue weighted by atomic mass is 10.0. The average Bonchev–Trinajstić information content (AvgIpc) is 3.01. The van der Waals surface area contributed by atoms with Crippen molar-refractivity contribution in [1.29, 1.82) is 0 Å². The molecule has 1 heterocycles. The quantitative estimate of drug-likeness (QED) is 0.307. The Labute approximate surface area is 193 Å². The molecule has 8 nitrogen and oxygen atoms in total. The summed E-state index contributed by atoms with van der Waals surface area (Å²) in [5.41, 5.74) is 2.49. The van der Waals surface area contributed by atoms with Gasteiger partial charge >= 0.3 is 17.8 Å². The average molecular weight is 453 g/mol. The number of rotatable bonds is 10. The minimum atomic E-state index is -1.04. The van der Waals surface area contributed by atoms with Crippen molar-refractivity contribution in [2.45, 2.75) is 40.5 Å².